The number of piperazine rings is 1. The molecular weight excluding hydrogens is 370 g/mol. The highest BCUT2D eigenvalue weighted by Crippen LogP contribution is 2.17. The van der Waals surface area contributed by atoms with Gasteiger partial charge in [-0.25, -0.2) is 9.79 Å². The lowest BCUT2D eigenvalue weighted by Crippen LogP contribution is -2.53. The molecule has 2 aliphatic rings. The molecule has 0 unspecified atom stereocenters. The van der Waals surface area contributed by atoms with Gasteiger partial charge in [0.2, 0.25) is 0 Å². The number of hydrogen-bond donors (Lipinski definition) is 1. The van der Waals surface area contributed by atoms with E-state index in [1.54, 1.807) is 4.90 Å². The molecule has 0 bridgehead atoms. The number of morpholine rings is 1. The highest BCUT2D eigenvalue weighted by atomic mass is 16.6. The molecule has 2 N–H and O–H groups in total. The van der Waals surface area contributed by atoms with Gasteiger partial charge in [-0.2, -0.15) is 0 Å². The first-order chi connectivity index (χ1) is 13.8. The third kappa shape index (κ3) is 6.25. The first-order valence-electron chi connectivity index (χ1n) is 10.3. The first-order valence-corrected chi connectivity index (χ1v) is 10.3. The zero-order valence-electron chi connectivity index (χ0n) is 17.8. The Balaban J connectivity index is 1.47. The second kappa shape index (κ2) is 9.35. The first kappa shape index (κ1) is 21.2. The number of benzene rings is 1. The van der Waals surface area contributed by atoms with Crippen LogP contribution in [0.4, 0.5) is 10.5 Å². The summed E-state index contributed by atoms with van der Waals surface area (Å²) in [5.74, 6) is 0.520. The minimum atomic E-state index is -0.480. The Kier molecular flexibility index (Phi) is 6.84. The van der Waals surface area contributed by atoms with Crippen LogP contribution in [0.25, 0.3) is 0 Å². The highest BCUT2D eigenvalue weighted by Gasteiger charge is 2.26. The summed E-state index contributed by atoms with van der Waals surface area (Å²) in [7, 11) is 0. The van der Waals surface area contributed by atoms with Crippen molar-refractivity contribution in [3.8, 4) is 0 Å². The molecule has 2 saturated heterocycles. The van der Waals surface area contributed by atoms with Crippen molar-refractivity contribution in [1.82, 2.24) is 9.80 Å². The van der Waals surface area contributed by atoms with E-state index in [1.165, 1.54) is 5.69 Å². The number of nitrogens with zero attached hydrogens (tertiary/aromatic N) is 4. The predicted octanol–water partition coefficient (Wildman–Crippen LogP) is 1.89. The average molecular weight is 404 g/mol. The van der Waals surface area contributed by atoms with Crippen LogP contribution in [0, 0.1) is 0 Å². The highest BCUT2D eigenvalue weighted by molar-refractivity contribution is 5.78. The van der Waals surface area contributed by atoms with Crippen LogP contribution in [-0.4, -0.2) is 79.9 Å². The van der Waals surface area contributed by atoms with E-state index >= 15 is 0 Å². The van der Waals surface area contributed by atoms with Crippen molar-refractivity contribution in [2.75, 3.05) is 57.4 Å². The molecule has 2 aliphatic heterocycles. The third-order valence-corrected chi connectivity index (χ3v) is 4.99. The summed E-state index contributed by atoms with van der Waals surface area (Å²) in [6.07, 6.45) is -0.270. The van der Waals surface area contributed by atoms with E-state index in [1.807, 2.05) is 25.7 Å². The van der Waals surface area contributed by atoms with Crippen LogP contribution in [0.2, 0.25) is 0 Å². The molecule has 160 valence electrons. The molecule has 0 saturated carbocycles. The van der Waals surface area contributed by atoms with Crippen molar-refractivity contribution in [2.45, 2.75) is 32.9 Å². The Morgan fingerprint density at radius 2 is 1.62 bits per heavy atom. The molecule has 1 aromatic carbocycles. The number of guanidine groups is 1. The van der Waals surface area contributed by atoms with E-state index < -0.39 is 5.60 Å². The number of anilines is 1. The van der Waals surface area contributed by atoms with Gasteiger partial charge in [-0.1, -0.05) is 12.1 Å². The zero-order chi connectivity index (χ0) is 20.9. The largest absolute Gasteiger partial charge is 0.444 e. The van der Waals surface area contributed by atoms with E-state index in [0.29, 0.717) is 38.7 Å². The van der Waals surface area contributed by atoms with E-state index in [0.717, 1.165) is 31.9 Å². The van der Waals surface area contributed by atoms with Crippen LogP contribution < -0.4 is 10.6 Å². The minimum Gasteiger partial charge on any atom is -0.444 e. The topological polar surface area (TPSA) is 83.6 Å². The van der Waals surface area contributed by atoms with Gasteiger partial charge in [-0.05, 0) is 38.5 Å². The Bertz CT molecular complexity index is 700. The van der Waals surface area contributed by atoms with Crippen molar-refractivity contribution >= 4 is 17.7 Å². The molecule has 8 nitrogen and oxygen atoms in total. The van der Waals surface area contributed by atoms with Gasteiger partial charge in [0.15, 0.2) is 5.96 Å². The molecule has 0 spiro atoms. The molecule has 2 heterocycles. The van der Waals surface area contributed by atoms with Gasteiger partial charge in [0.25, 0.3) is 0 Å². The van der Waals surface area contributed by atoms with Gasteiger partial charge in [0.1, 0.15) is 5.60 Å². The molecule has 1 amide bonds. The van der Waals surface area contributed by atoms with Gasteiger partial charge >= 0.3 is 6.09 Å². The predicted molar refractivity (Wildman–Crippen MR) is 114 cm³/mol. The molecular formula is C21H33N5O3. The van der Waals surface area contributed by atoms with Crippen molar-refractivity contribution < 1.29 is 14.3 Å². The number of carbonyl (C=O) groups is 1. The molecule has 1 aromatic rings. The summed E-state index contributed by atoms with van der Waals surface area (Å²) in [5, 5.41) is 0. The number of hydrogen-bond acceptors (Lipinski definition) is 5. The Morgan fingerprint density at radius 3 is 2.21 bits per heavy atom. The van der Waals surface area contributed by atoms with Crippen LogP contribution >= 0.6 is 0 Å². The number of rotatable bonds is 3. The van der Waals surface area contributed by atoms with Crippen molar-refractivity contribution in [2.24, 2.45) is 10.7 Å². The molecule has 0 aliphatic carbocycles. The minimum absolute atomic E-state index is 0.270. The second-order valence-corrected chi connectivity index (χ2v) is 8.39. The molecule has 0 aromatic heterocycles. The van der Waals surface area contributed by atoms with Gasteiger partial charge in [-0.3, -0.25) is 0 Å². The monoisotopic (exact) mass is 403 g/mol. The number of ether oxygens (including phenoxy) is 2. The van der Waals surface area contributed by atoms with Crippen LogP contribution in [0.1, 0.15) is 26.3 Å². The summed E-state index contributed by atoms with van der Waals surface area (Å²) in [6.45, 7) is 12.1. The maximum Gasteiger partial charge on any atom is 0.410 e. The lowest BCUT2D eigenvalue weighted by atomic mass is 10.2. The summed E-state index contributed by atoms with van der Waals surface area (Å²) in [4.78, 5) is 22.8. The molecule has 29 heavy (non-hydrogen) atoms. The number of amides is 1. The average Bonchev–Trinajstić information content (AvgIpc) is 2.72. The van der Waals surface area contributed by atoms with Gasteiger partial charge in [0.05, 0.1) is 19.8 Å². The standard InChI is InChI=1S/C21H33N5O3/c1-21(2,3)29-20(27)26-10-8-25(9-11-26)19(22)23-16-17-4-6-18(7-5-17)24-12-14-28-15-13-24/h4-7H,8-16H2,1-3H3,(H2,22,23). The Morgan fingerprint density at radius 1 is 1.03 bits per heavy atom. The van der Waals surface area contributed by atoms with Crippen LogP contribution in [-0.2, 0) is 16.0 Å². The van der Waals surface area contributed by atoms with E-state index in [2.05, 4.69) is 34.2 Å². The fraction of sp³-hybridized carbons (Fsp3) is 0.619. The summed E-state index contributed by atoms with van der Waals surface area (Å²) < 4.78 is 10.8. The number of aliphatic imine (C=N–C) groups is 1. The summed E-state index contributed by atoms with van der Waals surface area (Å²) >= 11 is 0. The Hall–Kier alpha value is -2.48. The molecule has 2 fully saturated rings. The van der Waals surface area contributed by atoms with Crippen molar-refractivity contribution in [1.29, 1.82) is 0 Å². The molecule has 8 heteroatoms. The maximum atomic E-state index is 12.2. The zero-order valence-corrected chi connectivity index (χ0v) is 17.8. The van der Waals surface area contributed by atoms with E-state index in [-0.39, 0.29) is 6.09 Å². The van der Waals surface area contributed by atoms with Crippen LogP contribution in [0.5, 0.6) is 0 Å². The third-order valence-electron chi connectivity index (χ3n) is 4.99. The number of carbonyl (C=O) groups excluding carboxylic acids is 1. The van der Waals surface area contributed by atoms with Crippen LogP contribution in [0.3, 0.4) is 0 Å². The van der Waals surface area contributed by atoms with E-state index in [4.69, 9.17) is 15.2 Å². The Labute approximate surface area is 173 Å². The van der Waals surface area contributed by atoms with Gasteiger partial charge < -0.3 is 29.9 Å². The van der Waals surface area contributed by atoms with E-state index in [9.17, 15) is 4.79 Å². The lowest BCUT2D eigenvalue weighted by Gasteiger charge is -2.36. The fourth-order valence-corrected chi connectivity index (χ4v) is 3.35. The van der Waals surface area contributed by atoms with Crippen molar-refractivity contribution in [3.05, 3.63) is 29.8 Å². The fourth-order valence-electron chi connectivity index (χ4n) is 3.35. The summed E-state index contributed by atoms with van der Waals surface area (Å²) in [5.41, 5.74) is 8.04. The summed E-state index contributed by atoms with van der Waals surface area (Å²) in [6, 6.07) is 8.46. The second-order valence-electron chi connectivity index (χ2n) is 8.39. The smallest absolute Gasteiger partial charge is 0.410 e. The normalized spacial score (nSPS) is 18.7. The molecule has 3 rings (SSSR count). The molecule has 0 atom stereocenters. The molecule has 0 radical (unpaired) electrons. The maximum absolute atomic E-state index is 12.2. The van der Waals surface area contributed by atoms with Gasteiger partial charge in [-0.15, -0.1) is 0 Å². The van der Waals surface area contributed by atoms with Gasteiger partial charge in [0, 0.05) is 45.0 Å². The SMILES string of the molecule is CC(C)(C)OC(=O)N1CCN(C(N)=NCc2ccc(N3CCOCC3)cc2)CC1. The quantitative estimate of drug-likeness (QED) is 0.613. The number of nitrogens with two attached hydrogens (primary N) is 1. The lowest BCUT2D eigenvalue weighted by molar-refractivity contribution is 0.0186. The van der Waals surface area contributed by atoms with Crippen LogP contribution in [0.15, 0.2) is 29.3 Å². The van der Waals surface area contributed by atoms with Crippen molar-refractivity contribution in [3.63, 3.8) is 0 Å².